The number of nitrogens with two attached hydrogens (primary N) is 1. The van der Waals surface area contributed by atoms with Crippen LogP contribution in [0.5, 0.6) is 0 Å². The molecule has 0 aliphatic carbocycles. The number of anilines is 2. The number of rotatable bonds is 3. The lowest BCUT2D eigenvalue weighted by Crippen LogP contribution is -2.60. The maximum atomic E-state index is 5.98. The Kier molecular flexibility index (Phi) is 3.75. The molecule has 0 bridgehead atoms. The summed E-state index contributed by atoms with van der Waals surface area (Å²) in [6.07, 6.45) is 8.54. The summed E-state index contributed by atoms with van der Waals surface area (Å²) < 4.78 is 1.67. The average molecular weight is 364 g/mol. The molecule has 1 spiro atoms. The molecule has 140 valence electrons. The first-order valence-corrected chi connectivity index (χ1v) is 9.49. The molecule has 0 atom stereocenters. The minimum Gasteiger partial charge on any atom is -0.380 e. The van der Waals surface area contributed by atoms with Crippen molar-refractivity contribution in [2.75, 3.05) is 36.8 Å². The van der Waals surface area contributed by atoms with E-state index in [1.807, 2.05) is 6.20 Å². The number of fused-ring (bicyclic) bond motifs is 1. The Morgan fingerprint density at radius 1 is 1.22 bits per heavy atom. The van der Waals surface area contributed by atoms with Crippen molar-refractivity contribution in [3.05, 3.63) is 41.6 Å². The summed E-state index contributed by atoms with van der Waals surface area (Å²) in [6.45, 7) is 6.66. The Balaban J connectivity index is 1.32. The van der Waals surface area contributed by atoms with E-state index in [4.69, 9.17) is 10.7 Å². The van der Waals surface area contributed by atoms with Crippen LogP contribution in [0.2, 0.25) is 0 Å². The second-order valence-corrected chi connectivity index (χ2v) is 7.88. The Morgan fingerprint density at radius 2 is 2.04 bits per heavy atom. The fraction of sp³-hybridized carbons (Fsp3) is 0.474. The van der Waals surface area contributed by atoms with E-state index < -0.39 is 0 Å². The molecule has 2 aliphatic rings. The van der Waals surface area contributed by atoms with E-state index in [9.17, 15) is 0 Å². The third kappa shape index (κ3) is 2.90. The second kappa shape index (κ2) is 6.16. The second-order valence-electron chi connectivity index (χ2n) is 7.88. The highest BCUT2D eigenvalue weighted by Gasteiger charge is 2.44. The molecule has 8 nitrogen and oxygen atoms in total. The van der Waals surface area contributed by atoms with Crippen molar-refractivity contribution in [1.29, 1.82) is 0 Å². The van der Waals surface area contributed by atoms with Gasteiger partial charge in [-0.3, -0.25) is 0 Å². The van der Waals surface area contributed by atoms with Gasteiger partial charge in [0.2, 0.25) is 0 Å². The lowest BCUT2D eigenvalue weighted by Gasteiger charge is -2.53. The van der Waals surface area contributed by atoms with Crippen LogP contribution >= 0.6 is 0 Å². The first-order chi connectivity index (χ1) is 13.1. The van der Waals surface area contributed by atoms with Crippen molar-refractivity contribution in [3.63, 3.8) is 0 Å². The number of nitrogens with zero attached hydrogens (tertiary/aromatic N) is 6. The SMILES string of the molecule is Cc1cc(Cc2nc(N)c3nccn3n2)cnc1N1CC2(CCNCC2)C1. The molecule has 0 saturated carbocycles. The highest BCUT2D eigenvalue weighted by Crippen LogP contribution is 2.41. The van der Waals surface area contributed by atoms with Crippen molar-refractivity contribution in [3.8, 4) is 0 Å². The summed E-state index contributed by atoms with van der Waals surface area (Å²) in [5.41, 5.74) is 9.37. The summed E-state index contributed by atoms with van der Waals surface area (Å²) >= 11 is 0. The molecule has 0 amide bonds. The van der Waals surface area contributed by atoms with Gasteiger partial charge in [0.25, 0.3) is 0 Å². The summed E-state index contributed by atoms with van der Waals surface area (Å²) in [5.74, 6) is 2.18. The van der Waals surface area contributed by atoms with Gasteiger partial charge in [0, 0.05) is 43.5 Å². The van der Waals surface area contributed by atoms with Gasteiger partial charge in [0.1, 0.15) is 5.82 Å². The Bertz CT molecular complexity index is 981. The van der Waals surface area contributed by atoms with Crippen molar-refractivity contribution in [2.24, 2.45) is 5.41 Å². The lowest BCUT2D eigenvalue weighted by atomic mass is 9.72. The summed E-state index contributed by atoms with van der Waals surface area (Å²) in [6, 6.07) is 2.19. The molecular formula is C19H24N8. The van der Waals surface area contributed by atoms with Gasteiger partial charge < -0.3 is 16.0 Å². The molecule has 0 aromatic carbocycles. The maximum absolute atomic E-state index is 5.98. The zero-order valence-corrected chi connectivity index (χ0v) is 15.5. The highest BCUT2D eigenvalue weighted by molar-refractivity contribution is 5.58. The number of piperidine rings is 1. The van der Waals surface area contributed by atoms with Crippen LogP contribution < -0.4 is 16.0 Å². The van der Waals surface area contributed by atoms with Gasteiger partial charge in [0.05, 0.1) is 0 Å². The van der Waals surface area contributed by atoms with Crippen LogP contribution in [0.3, 0.4) is 0 Å². The fourth-order valence-electron chi connectivity index (χ4n) is 4.39. The number of pyridine rings is 1. The zero-order valence-electron chi connectivity index (χ0n) is 15.5. The molecule has 5 rings (SSSR count). The molecule has 3 aromatic heterocycles. The van der Waals surface area contributed by atoms with E-state index in [0.29, 0.717) is 29.1 Å². The van der Waals surface area contributed by atoms with Gasteiger partial charge in [-0.2, -0.15) is 5.10 Å². The Labute approximate surface area is 157 Å². The zero-order chi connectivity index (χ0) is 18.4. The van der Waals surface area contributed by atoms with Crippen molar-refractivity contribution >= 4 is 17.3 Å². The van der Waals surface area contributed by atoms with Gasteiger partial charge in [-0.25, -0.2) is 19.5 Å². The van der Waals surface area contributed by atoms with Gasteiger partial charge in [-0.1, -0.05) is 6.07 Å². The molecule has 27 heavy (non-hydrogen) atoms. The van der Waals surface area contributed by atoms with Crippen LogP contribution in [0.25, 0.3) is 5.65 Å². The standard InChI is InChI=1S/C19H24N8/c1-13-8-14(9-15-24-16(20)18-22-6-7-27(18)25-15)10-23-17(13)26-11-19(12-26)2-4-21-5-3-19/h6-8,10,21H,2-5,9,11-12H2,1H3,(H2,20,24,25). The predicted octanol–water partition coefficient (Wildman–Crippen LogP) is 1.19. The van der Waals surface area contributed by atoms with Crippen molar-refractivity contribution in [1.82, 2.24) is 29.9 Å². The van der Waals surface area contributed by atoms with Crippen LogP contribution in [0.1, 0.15) is 29.8 Å². The number of aromatic nitrogens is 5. The molecular weight excluding hydrogens is 340 g/mol. The van der Waals surface area contributed by atoms with E-state index in [0.717, 1.165) is 37.6 Å². The number of hydrogen-bond acceptors (Lipinski definition) is 7. The van der Waals surface area contributed by atoms with E-state index in [-0.39, 0.29) is 0 Å². The topological polar surface area (TPSA) is 97.3 Å². The Morgan fingerprint density at radius 3 is 2.81 bits per heavy atom. The summed E-state index contributed by atoms with van der Waals surface area (Å²) in [4.78, 5) is 15.7. The fourth-order valence-corrected chi connectivity index (χ4v) is 4.39. The molecule has 0 unspecified atom stereocenters. The van der Waals surface area contributed by atoms with Crippen molar-refractivity contribution in [2.45, 2.75) is 26.2 Å². The van der Waals surface area contributed by atoms with E-state index >= 15 is 0 Å². The van der Waals surface area contributed by atoms with Gasteiger partial charge >= 0.3 is 0 Å². The minimum atomic E-state index is 0.402. The van der Waals surface area contributed by atoms with Crippen LogP contribution in [0.15, 0.2) is 24.7 Å². The minimum absolute atomic E-state index is 0.402. The monoisotopic (exact) mass is 364 g/mol. The Hall–Kier alpha value is -2.74. The normalized spacial score (nSPS) is 18.8. The summed E-state index contributed by atoms with van der Waals surface area (Å²) in [7, 11) is 0. The molecule has 2 saturated heterocycles. The molecule has 8 heteroatoms. The number of imidazole rings is 1. The third-order valence-electron chi connectivity index (χ3n) is 5.81. The molecule has 2 fully saturated rings. The largest absolute Gasteiger partial charge is 0.380 e. The number of hydrogen-bond donors (Lipinski definition) is 2. The molecule has 5 heterocycles. The van der Waals surface area contributed by atoms with Crippen LogP contribution in [0, 0.1) is 12.3 Å². The lowest BCUT2D eigenvalue weighted by molar-refractivity contribution is 0.149. The van der Waals surface area contributed by atoms with E-state index in [1.165, 1.54) is 18.4 Å². The molecule has 2 aliphatic heterocycles. The predicted molar refractivity (Wildman–Crippen MR) is 104 cm³/mol. The number of nitrogen functional groups attached to an aromatic ring is 1. The third-order valence-corrected chi connectivity index (χ3v) is 5.81. The molecule has 3 aromatic rings. The molecule has 0 radical (unpaired) electrons. The van der Waals surface area contributed by atoms with E-state index in [1.54, 1.807) is 16.9 Å². The quantitative estimate of drug-likeness (QED) is 0.720. The van der Waals surface area contributed by atoms with Gasteiger partial charge in [-0.05, 0) is 44.0 Å². The summed E-state index contributed by atoms with van der Waals surface area (Å²) in [5, 5.41) is 7.94. The van der Waals surface area contributed by atoms with Crippen LogP contribution in [-0.4, -0.2) is 50.7 Å². The maximum Gasteiger partial charge on any atom is 0.196 e. The number of nitrogens with one attached hydrogen (secondary N) is 1. The smallest absolute Gasteiger partial charge is 0.196 e. The van der Waals surface area contributed by atoms with E-state index in [2.05, 4.69) is 38.3 Å². The average Bonchev–Trinajstić information content (AvgIpc) is 3.10. The first kappa shape index (κ1) is 16.4. The highest BCUT2D eigenvalue weighted by atomic mass is 15.3. The number of aryl methyl sites for hydroxylation is 1. The van der Waals surface area contributed by atoms with Gasteiger partial charge in [0.15, 0.2) is 17.3 Å². The van der Waals surface area contributed by atoms with Gasteiger partial charge in [-0.15, -0.1) is 0 Å². The molecule has 3 N–H and O–H groups in total. The van der Waals surface area contributed by atoms with Crippen molar-refractivity contribution < 1.29 is 0 Å². The first-order valence-electron chi connectivity index (χ1n) is 9.49. The van der Waals surface area contributed by atoms with Crippen LogP contribution in [-0.2, 0) is 6.42 Å². The van der Waals surface area contributed by atoms with Crippen LogP contribution in [0.4, 0.5) is 11.6 Å².